The van der Waals surface area contributed by atoms with E-state index >= 15 is 0 Å². The number of amides is 1. The number of sulfonamides is 1. The number of methoxy groups -OCH3 is 1. The molecule has 3 aromatic carbocycles. The summed E-state index contributed by atoms with van der Waals surface area (Å²) in [5, 5.41) is 2.26. The molecule has 0 aliphatic rings. The first-order valence-electron chi connectivity index (χ1n) is 8.72. The normalized spacial score (nSPS) is 11.1. The molecule has 0 fully saturated rings. The van der Waals surface area contributed by atoms with Gasteiger partial charge < -0.3 is 10.1 Å². The summed E-state index contributed by atoms with van der Waals surface area (Å²) in [6.07, 6.45) is 0. The van der Waals surface area contributed by atoms with Crippen LogP contribution in [0.3, 0.4) is 0 Å². The molecular weight excluding hydrogens is 414 g/mol. The molecule has 3 rings (SSSR count). The van der Waals surface area contributed by atoms with Gasteiger partial charge in [-0.1, -0.05) is 12.1 Å². The van der Waals surface area contributed by atoms with E-state index in [0.29, 0.717) is 11.4 Å². The van der Waals surface area contributed by atoms with Crippen molar-refractivity contribution in [3.05, 3.63) is 83.9 Å². The Morgan fingerprint density at radius 3 is 2.33 bits per heavy atom. The maximum absolute atomic E-state index is 13.7. The van der Waals surface area contributed by atoms with Crippen molar-refractivity contribution in [3.63, 3.8) is 0 Å². The highest BCUT2D eigenvalue weighted by molar-refractivity contribution is 7.92. The number of anilines is 2. The molecule has 0 saturated carbocycles. The fourth-order valence-electron chi connectivity index (χ4n) is 2.74. The van der Waals surface area contributed by atoms with Gasteiger partial charge in [0.2, 0.25) is 0 Å². The summed E-state index contributed by atoms with van der Waals surface area (Å²) in [5.41, 5.74) is 0.119. The average Bonchev–Trinajstić information content (AvgIpc) is 2.75. The molecule has 9 heteroatoms. The van der Waals surface area contributed by atoms with Crippen molar-refractivity contribution >= 4 is 27.3 Å². The highest BCUT2D eigenvalue weighted by atomic mass is 32.2. The van der Waals surface area contributed by atoms with Gasteiger partial charge in [-0.2, -0.15) is 0 Å². The van der Waals surface area contributed by atoms with Crippen LogP contribution in [0.5, 0.6) is 5.75 Å². The third-order valence-electron chi connectivity index (χ3n) is 4.38. The SMILES string of the molecule is COc1ccccc1N(C)S(=O)(=O)c1ccc(C(=O)Nc2cc(F)ccc2F)cc1. The van der Waals surface area contributed by atoms with Crippen molar-refractivity contribution in [1.82, 2.24) is 0 Å². The van der Waals surface area contributed by atoms with Gasteiger partial charge >= 0.3 is 0 Å². The predicted octanol–water partition coefficient (Wildman–Crippen LogP) is 4.05. The van der Waals surface area contributed by atoms with E-state index in [4.69, 9.17) is 4.74 Å². The van der Waals surface area contributed by atoms with Crippen molar-refractivity contribution < 1.29 is 26.7 Å². The number of ether oxygens (including phenoxy) is 1. The third kappa shape index (κ3) is 4.25. The van der Waals surface area contributed by atoms with Crippen molar-refractivity contribution in [2.24, 2.45) is 0 Å². The number of halogens is 2. The molecule has 0 atom stereocenters. The molecule has 1 amide bonds. The van der Waals surface area contributed by atoms with Gasteiger partial charge in [-0.15, -0.1) is 0 Å². The summed E-state index contributed by atoms with van der Waals surface area (Å²) in [7, 11) is -1.10. The Hall–Kier alpha value is -3.46. The molecule has 0 aliphatic heterocycles. The minimum Gasteiger partial charge on any atom is -0.495 e. The summed E-state index contributed by atoms with van der Waals surface area (Å²) in [4.78, 5) is 12.2. The number of benzene rings is 3. The van der Waals surface area contributed by atoms with Crippen molar-refractivity contribution in [3.8, 4) is 5.75 Å². The van der Waals surface area contributed by atoms with Crippen LogP contribution < -0.4 is 14.4 Å². The van der Waals surface area contributed by atoms with Crippen LogP contribution in [0.1, 0.15) is 10.4 Å². The van der Waals surface area contributed by atoms with E-state index in [2.05, 4.69) is 5.32 Å². The van der Waals surface area contributed by atoms with E-state index in [9.17, 15) is 22.0 Å². The number of carbonyl (C=O) groups is 1. The van der Waals surface area contributed by atoms with Crippen LogP contribution in [0.2, 0.25) is 0 Å². The Kier molecular flexibility index (Phi) is 6.02. The molecule has 0 bridgehead atoms. The van der Waals surface area contributed by atoms with Gasteiger partial charge in [-0.3, -0.25) is 9.10 Å². The number of hydrogen-bond acceptors (Lipinski definition) is 4. The number of carbonyl (C=O) groups excluding carboxylic acids is 1. The average molecular weight is 432 g/mol. The maximum Gasteiger partial charge on any atom is 0.264 e. The molecule has 0 heterocycles. The highest BCUT2D eigenvalue weighted by Crippen LogP contribution is 2.31. The lowest BCUT2D eigenvalue weighted by Gasteiger charge is -2.21. The van der Waals surface area contributed by atoms with Crippen LogP contribution in [0.15, 0.2) is 71.6 Å². The summed E-state index contributed by atoms with van der Waals surface area (Å²) < 4.78 is 59.1. The Morgan fingerprint density at radius 1 is 1.00 bits per heavy atom. The Balaban J connectivity index is 1.83. The topological polar surface area (TPSA) is 75.7 Å². The zero-order valence-electron chi connectivity index (χ0n) is 16.1. The van der Waals surface area contributed by atoms with E-state index in [1.54, 1.807) is 24.3 Å². The number of nitrogens with one attached hydrogen (secondary N) is 1. The van der Waals surface area contributed by atoms with Crippen LogP contribution >= 0.6 is 0 Å². The van der Waals surface area contributed by atoms with Gasteiger partial charge in [-0.05, 0) is 48.5 Å². The molecule has 6 nitrogen and oxygen atoms in total. The summed E-state index contributed by atoms with van der Waals surface area (Å²) >= 11 is 0. The fourth-order valence-corrected chi connectivity index (χ4v) is 3.95. The van der Waals surface area contributed by atoms with Crippen LogP contribution in [0.4, 0.5) is 20.2 Å². The molecule has 1 N–H and O–H groups in total. The minimum absolute atomic E-state index is 0.0515. The van der Waals surface area contributed by atoms with E-state index in [1.807, 2.05) is 0 Å². The van der Waals surface area contributed by atoms with Crippen LogP contribution in [0, 0.1) is 11.6 Å². The summed E-state index contributed by atoms with van der Waals surface area (Å²) in [6, 6.07) is 14.4. The second kappa shape index (κ2) is 8.50. The van der Waals surface area contributed by atoms with E-state index in [1.165, 1.54) is 38.4 Å². The number of para-hydroxylation sites is 2. The standard InChI is InChI=1S/C21H18F2N2O4S/c1-25(19-5-3-4-6-20(19)29-2)30(27,28)16-10-7-14(8-11-16)21(26)24-18-13-15(22)9-12-17(18)23/h3-13H,1-2H3,(H,24,26). The van der Waals surface area contributed by atoms with Gasteiger partial charge in [0.15, 0.2) is 0 Å². The Labute approximate surface area is 172 Å². The summed E-state index contributed by atoms with van der Waals surface area (Å²) in [5.74, 6) is -1.81. The summed E-state index contributed by atoms with van der Waals surface area (Å²) in [6.45, 7) is 0. The largest absolute Gasteiger partial charge is 0.495 e. The monoisotopic (exact) mass is 432 g/mol. The Morgan fingerprint density at radius 2 is 1.67 bits per heavy atom. The number of rotatable bonds is 6. The lowest BCUT2D eigenvalue weighted by molar-refractivity contribution is 0.102. The van der Waals surface area contributed by atoms with Gasteiger partial charge in [0, 0.05) is 18.7 Å². The number of nitrogens with zero attached hydrogens (tertiary/aromatic N) is 1. The molecule has 0 aliphatic carbocycles. The molecule has 3 aromatic rings. The van der Waals surface area contributed by atoms with Gasteiger partial charge in [0.05, 0.1) is 23.4 Å². The van der Waals surface area contributed by atoms with Gasteiger partial charge in [0.1, 0.15) is 17.4 Å². The van der Waals surface area contributed by atoms with Gasteiger partial charge in [0.25, 0.3) is 15.9 Å². The molecule has 0 radical (unpaired) electrons. The van der Waals surface area contributed by atoms with Crippen LogP contribution in [0.25, 0.3) is 0 Å². The smallest absolute Gasteiger partial charge is 0.264 e. The third-order valence-corrected chi connectivity index (χ3v) is 6.16. The molecule has 156 valence electrons. The van der Waals surface area contributed by atoms with E-state index < -0.39 is 27.6 Å². The van der Waals surface area contributed by atoms with Crippen molar-refractivity contribution in [2.45, 2.75) is 4.90 Å². The second-order valence-electron chi connectivity index (χ2n) is 6.25. The molecular formula is C21H18F2N2O4S. The predicted molar refractivity (Wildman–Crippen MR) is 109 cm³/mol. The van der Waals surface area contributed by atoms with Crippen LogP contribution in [-0.4, -0.2) is 28.5 Å². The Bertz CT molecular complexity index is 1180. The molecule has 0 aromatic heterocycles. The molecule has 0 saturated heterocycles. The molecule has 0 unspecified atom stereocenters. The first kappa shape index (κ1) is 21.3. The zero-order valence-corrected chi connectivity index (χ0v) is 16.9. The van der Waals surface area contributed by atoms with Crippen molar-refractivity contribution in [2.75, 3.05) is 23.8 Å². The van der Waals surface area contributed by atoms with Crippen LogP contribution in [-0.2, 0) is 10.0 Å². The maximum atomic E-state index is 13.7. The first-order valence-corrected chi connectivity index (χ1v) is 10.2. The van der Waals surface area contributed by atoms with Crippen molar-refractivity contribution in [1.29, 1.82) is 0 Å². The molecule has 0 spiro atoms. The minimum atomic E-state index is -3.93. The quantitative estimate of drug-likeness (QED) is 0.638. The first-order chi connectivity index (χ1) is 14.2. The van der Waals surface area contributed by atoms with E-state index in [0.717, 1.165) is 22.5 Å². The second-order valence-corrected chi connectivity index (χ2v) is 8.22. The number of hydrogen-bond donors (Lipinski definition) is 1. The lowest BCUT2D eigenvalue weighted by atomic mass is 10.2. The van der Waals surface area contributed by atoms with E-state index in [-0.39, 0.29) is 16.1 Å². The zero-order chi connectivity index (χ0) is 21.9. The lowest BCUT2D eigenvalue weighted by Crippen LogP contribution is -2.27. The highest BCUT2D eigenvalue weighted by Gasteiger charge is 2.24. The van der Waals surface area contributed by atoms with Gasteiger partial charge in [-0.25, -0.2) is 17.2 Å². The fraction of sp³-hybridized carbons (Fsp3) is 0.0952. The molecule has 30 heavy (non-hydrogen) atoms.